The summed E-state index contributed by atoms with van der Waals surface area (Å²) in [5.74, 6) is -1.54. The number of amides is 3. The SMILES string of the molecule is CC(C)C[C@@H](NC(=O)[C@@H]1CCCN1C(=O)C1(c2ccccc2)CCN(C(=O)OC(C)(C)C)CC1)C(=O)O. The molecule has 2 saturated heterocycles. The second-order valence-electron chi connectivity index (χ2n) is 11.6. The quantitative estimate of drug-likeness (QED) is 0.574. The van der Waals surface area contributed by atoms with E-state index < -0.39 is 41.1 Å². The predicted molar refractivity (Wildman–Crippen MR) is 139 cm³/mol. The topological polar surface area (TPSA) is 116 Å². The minimum Gasteiger partial charge on any atom is -0.480 e. The van der Waals surface area contributed by atoms with E-state index in [1.165, 1.54) is 0 Å². The van der Waals surface area contributed by atoms with E-state index in [0.29, 0.717) is 51.7 Å². The summed E-state index contributed by atoms with van der Waals surface area (Å²) in [5.41, 5.74) is -0.634. The molecule has 0 bridgehead atoms. The van der Waals surface area contributed by atoms with Crippen molar-refractivity contribution in [2.45, 2.75) is 89.8 Å². The summed E-state index contributed by atoms with van der Waals surface area (Å²) in [5, 5.41) is 12.3. The van der Waals surface area contributed by atoms with Gasteiger partial charge in [-0.25, -0.2) is 9.59 Å². The van der Waals surface area contributed by atoms with Gasteiger partial charge in [0.05, 0.1) is 5.41 Å². The van der Waals surface area contributed by atoms with Gasteiger partial charge in [-0.15, -0.1) is 0 Å². The zero-order valence-electron chi connectivity index (χ0n) is 22.7. The minimum absolute atomic E-state index is 0.0965. The Morgan fingerprint density at radius 1 is 1.08 bits per heavy atom. The molecule has 1 aromatic carbocycles. The van der Waals surface area contributed by atoms with Crippen molar-refractivity contribution < 1.29 is 29.0 Å². The minimum atomic E-state index is -1.08. The van der Waals surface area contributed by atoms with Crippen LogP contribution < -0.4 is 5.32 Å². The number of hydrogen-bond acceptors (Lipinski definition) is 5. The third-order valence-electron chi connectivity index (χ3n) is 7.14. The molecule has 0 radical (unpaired) electrons. The van der Waals surface area contributed by atoms with E-state index in [1.54, 1.807) is 9.80 Å². The largest absolute Gasteiger partial charge is 0.480 e. The first kappa shape index (κ1) is 28.5. The molecule has 204 valence electrons. The van der Waals surface area contributed by atoms with Gasteiger partial charge in [0, 0.05) is 19.6 Å². The van der Waals surface area contributed by atoms with Crippen molar-refractivity contribution >= 4 is 23.9 Å². The van der Waals surface area contributed by atoms with Gasteiger partial charge in [-0.2, -0.15) is 0 Å². The fraction of sp³-hybridized carbons (Fsp3) is 0.643. The van der Waals surface area contributed by atoms with Gasteiger partial charge >= 0.3 is 12.1 Å². The third kappa shape index (κ3) is 6.81. The number of benzene rings is 1. The van der Waals surface area contributed by atoms with Crippen LogP contribution in [0.25, 0.3) is 0 Å². The zero-order valence-corrected chi connectivity index (χ0v) is 22.7. The number of piperidine rings is 1. The van der Waals surface area contributed by atoms with E-state index >= 15 is 0 Å². The number of carboxylic acid groups (broad SMARTS) is 1. The summed E-state index contributed by atoms with van der Waals surface area (Å²) >= 11 is 0. The molecule has 2 heterocycles. The van der Waals surface area contributed by atoms with Crippen LogP contribution in [0.15, 0.2) is 30.3 Å². The standard InChI is InChI=1S/C28H41N3O6/c1-19(2)18-21(24(33)34)29-23(32)22-12-9-15-31(22)25(35)28(20-10-7-6-8-11-20)13-16-30(17-14-28)26(36)37-27(3,4)5/h6-8,10-11,19,21-22H,9,12-18H2,1-5H3,(H,29,32)(H,33,34)/t21-,22+/m1/s1. The Balaban J connectivity index is 1.82. The average molecular weight is 516 g/mol. The van der Waals surface area contributed by atoms with Gasteiger partial charge in [-0.05, 0) is 64.4 Å². The normalized spacial score (nSPS) is 20.4. The van der Waals surface area contributed by atoms with Crippen LogP contribution in [0.4, 0.5) is 4.79 Å². The number of nitrogens with zero attached hydrogens (tertiary/aromatic N) is 2. The molecular formula is C28H41N3O6. The molecule has 1 aromatic rings. The fourth-order valence-corrected chi connectivity index (χ4v) is 5.30. The molecule has 37 heavy (non-hydrogen) atoms. The number of nitrogens with one attached hydrogen (secondary N) is 1. The predicted octanol–water partition coefficient (Wildman–Crippen LogP) is 3.56. The van der Waals surface area contributed by atoms with Crippen LogP contribution in [-0.2, 0) is 24.5 Å². The first-order chi connectivity index (χ1) is 17.3. The van der Waals surface area contributed by atoms with Crippen molar-refractivity contribution in [1.82, 2.24) is 15.1 Å². The number of ether oxygens (including phenoxy) is 1. The van der Waals surface area contributed by atoms with Gasteiger partial charge < -0.3 is 25.0 Å². The van der Waals surface area contributed by atoms with Gasteiger partial charge in [-0.1, -0.05) is 44.2 Å². The maximum absolute atomic E-state index is 14.2. The Labute approximate surface area is 219 Å². The third-order valence-corrected chi connectivity index (χ3v) is 7.14. The van der Waals surface area contributed by atoms with Crippen molar-refractivity contribution in [2.24, 2.45) is 5.92 Å². The molecule has 3 amide bonds. The average Bonchev–Trinajstić information content (AvgIpc) is 3.32. The summed E-state index contributed by atoms with van der Waals surface area (Å²) in [6, 6.07) is 7.82. The van der Waals surface area contributed by atoms with Gasteiger partial charge in [0.25, 0.3) is 0 Å². The van der Waals surface area contributed by atoms with Crippen LogP contribution in [0.5, 0.6) is 0 Å². The number of likely N-dealkylation sites (tertiary alicyclic amines) is 2. The molecular weight excluding hydrogens is 474 g/mol. The summed E-state index contributed by atoms with van der Waals surface area (Å²) in [6.07, 6.45) is 1.89. The van der Waals surface area contributed by atoms with Crippen molar-refractivity contribution in [2.75, 3.05) is 19.6 Å². The van der Waals surface area contributed by atoms with E-state index in [-0.39, 0.29) is 11.8 Å². The number of hydrogen-bond donors (Lipinski definition) is 2. The van der Waals surface area contributed by atoms with Gasteiger partial charge in [-0.3, -0.25) is 9.59 Å². The highest BCUT2D eigenvalue weighted by molar-refractivity contribution is 5.95. The van der Waals surface area contributed by atoms with E-state index in [4.69, 9.17) is 4.74 Å². The molecule has 0 aliphatic carbocycles. The zero-order chi connectivity index (χ0) is 27.4. The summed E-state index contributed by atoms with van der Waals surface area (Å²) < 4.78 is 5.53. The Kier molecular flexibility index (Phi) is 8.87. The summed E-state index contributed by atoms with van der Waals surface area (Å²) in [4.78, 5) is 55.1. The van der Waals surface area contributed by atoms with Crippen LogP contribution in [0.1, 0.15) is 72.3 Å². The highest BCUT2D eigenvalue weighted by atomic mass is 16.6. The molecule has 0 spiro atoms. The molecule has 2 N–H and O–H groups in total. The molecule has 0 aromatic heterocycles. The van der Waals surface area contributed by atoms with E-state index in [0.717, 1.165) is 5.56 Å². The van der Waals surface area contributed by atoms with E-state index in [1.807, 2.05) is 65.0 Å². The molecule has 2 aliphatic heterocycles. The number of rotatable bonds is 7. The molecule has 0 unspecified atom stereocenters. The molecule has 0 saturated carbocycles. The van der Waals surface area contributed by atoms with E-state index in [9.17, 15) is 24.3 Å². The molecule has 3 rings (SSSR count). The Bertz CT molecular complexity index is 979. The van der Waals surface area contributed by atoms with Gasteiger partial charge in [0.1, 0.15) is 17.7 Å². The smallest absolute Gasteiger partial charge is 0.410 e. The van der Waals surface area contributed by atoms with Crippen LogP contribution in [0.3, 0.4) is 0 Å². The first-order valence-electron chi connectivity index (χ1n) is 13.2. The highest BCUT2D eigenvalue weighted by Crippen LogP contribution is 2.39. The Morgan fingerprint density at radius 2 is 1.70 bits per heavy atom. The molecule has 9 nitrogen and oxygen atoms in total. The fourth-order valence-electron chi connectivity index (χ4n) is 5.30. The second-order valence-corrected chi connectivity index (χ2v) is 11.6. The Hall–Kier alpha value is -3.10. The first-order valence-corrected chi connectivity index (χ1v) is 13.2. The summed E-state index contributed by atoms with van der Waals surface area (Å²) in [7, 11) is 0. The van der Waals surface area contributed by atoms with Crippen LogP contribution in [0.2, 0.25) is 0 Å². The maximum atomic E-state index is 14.2. The Morgan fingerprint density at radius 3 is 2.24 bits per heavy atom. The molecule has 2 atom stereocenters. The lowest BCUT2D eigenvalue weighted by atomic mass is 9.71. The van der Waals surface area contributed by atoms with Crippen molar-refractivity contribution in [1.29, 1.82) is 0 Å². The van der Waals surface area contributed by atoms with Gasteiger partial charge in [0.2, 0.25) is 11.8 Å². The monoisotopic (exact) mass is 515 g/mol. The van der Waals surface area contributed by atoms with Crippen molar-refractivity contribution in [3.8, 4) is 0 Å². The van der Waals surface area contributed by atoms with Crippen LogP contribution in [0, 0.1) is 5.92 Å². The molecule has 9 heteroatoms. The lowest BCUT2D eigenvalue weighted by Gasteiger charge is -2.44. The van der Waals surface area contributed by atoms with Crippen molar-refractivity contribution in [3.63, 3.8) is 0 Å². The molecule has 2 fully saturated rings. The van der Waals surface area contributed by atoms with Crippen LogP contribution in [-0.4, -0.2) is 76.1 Å². The van der Waals surface area contributed by atoms with E-state index in [2.05, 4.69) is 5.32 Å². The second kappa shape index (κ2) is 11.5. The number of carbonyl (C=O) groups excluding carboxylic acids is 3. The summed E-state index contributed by atoms with van der Waals surface area (Å²) in [6.45, 7) is 10.4. The number of carbonyl (C=O) groups is 4. The molecule has 2 aliphatic rings. The lowest BCUT2D eigenvalue weighted by Crippen LogP contribution is -2.58. The van der Waals surface area contributed by atoms with Gasteiger partial charge in [0.15, 0.2) is 0 Å². The number of carboxylic acids is 1. The maximum Gasteiger partial charge on any atom is 0.410 e. The highest BCUT2D eigenvalue weighted by Gasteiger charge is 2.49. The van der Waals surface area contributed by atoms with Crippen molar-refractivity contribution in [3.05, 3.63) is 35.9 Å². The lowest BCUT2D eigenvalue weighted by molar-refractivity contribution is -0.146. The number of aliphatic carboxylic acids is 1. The van der Waals surface area contributed by atoms with Crippen LogP contribution >= 0.6 is 0 Å².